The molecule has 0 bridgehead atoms. The van der Waals surface area contributed by atoms with Crippen molar-refractivity contribution in [3.8, 4) is 5.75 Å². The third-order valence-corrected chi connectivity index (χ3v) is 8.27. The minimum absolute atomic E-state index is 0.00522. The summed E-state index contributed by atoms with van der Waals surface area (Å²) in [7, 11) is 4.20. The van der Waals surface area contributed by atoms with Gasteiger partial charge in [0.2, 0.25) is 11.9 Å². The predicted molar refractivity (Wildman–Crippen MR) is 167 cm³/mol. The number of aliphatic hydroxyl groups is 1. The van der Waals surface area contributed by atoms with Crippen LogP contribution in [-0.4, -0.2) is 111 Å². The molecule has 1 saturated heterocycles. The van der Waals surface area contributed by atoms with E-state index in [2.05, 4.69) is 16.8 Å². The summed E-state index contributed by atoms with van der Waals surface area (Å²) in [5.74, 6) is 8.05. The summed E-state index contributed by atoms with van der Waals surface area (Å²) in [5, 5.41) is 9.99. The van der Waals surface area contributed by atoms with Crippen LogP contribution in [0.1, 0.15) is 63.1 Å². The van der Waals surface area contributed by atoms with Gasteiger partial charge in [-0.3, -0.25) is 0 Å². The molecule has 1 aliphatic carbocycles. The molecule has 1 aliphatic heterocycles. The number of ether oxygens (including phenoxy) is 4. The van der Waals surface area contributed by atoms with Gasteiger partial charge in [0.05, 0.1) is 51.9 Å². The molecule has 44 heavy (non-hydrogen) atoms. The Morgan fingerprint density at radius 2 is 1.48 bits per heavy atom. The van der Waals surface area contributed by atoms with Crippen LogP contribution >= 0.6 is 0 Å². The van der Waals surface area contributed by atoms with Crippen molar-refractivity contribution in [1.29, 1.82) is 0 Å². The van der Waals surface area contributed by atoms with Crippen LogP contribution in [-0.2, 0) is 14.2 Å². The number of aromatic nitrogens is 3. The molecular weight excluding hydrogens is 569 g/mol. The fourth-order valence-corrected chi connectivity index (χ4v) is 5.59. The second-order valence-corrected chi connectivity index (χ2v) is 11.5. The van der Waals surface area contributed by atoms with Gasteiger partial charge in [-0.15, -0.1) is 0 Å². The summed E-state index contributed by atoms with van der Waals surface area (Å²) in [4.78, 5) is 19.1. The van der Waals surface area contributed by atoms with Crippen LogP contribution in [0.5, 0.6) is 5.75 Å². The van der Waals surface area contributed by atoms with Crippen LogP contribution in [0.15, 0.2) is 18.2 Å². The fourth-order valence-electron chi connectivity index (χ4n) is 5.59. The Labute approximate surface area is 260 Å². The Hall–Kier alpha value is -2.68. The van der Waals surface area contributed by atoms with Crippen LogP contribution in [0, 0.1) is 5.82 Å². The van der Waals surface area contributed by atoms with Gasteiger partial charge in [-0.2, -0.15) is 15.0 Å². The van der Waals surface area contributed by atoms with Crippen molar-refractivity contribution < 1.29 is 28.4 Å². The molecule has 4 rings (SSSR count). The van der Waals surface area contributed by atoms with E-state index in [4.69, 9.17) is 44.8 Å². The molecule has 2 aliphatic rings. The van der Waals surface area contributed by atoms with Crippen molar-refractivity contribution in [3.05, 3.63) is 29.8 Å². The number of nitrogens with two attached hydrogens (primary N) is 1. The van der Waals surface area contributed by atoms with Crippen molar-refractivity contribution in [1.82, 2.24) is 19.9 Å². The first kappa shape index (κ1) is 34.2. The third kappa shape index (κ3) is 10.5. The predicted octanol–water partition coefficient (Wildman–Crippen LogP) is 3.41. The zero-order chi connectivity index (χ0) is 31.1. The standard InChI is InChI=1S/C31H50FN7O5/c1-37-13-11-25(12-14-37)38(2)30-34-29(24-7-5-3-4-6-8-24)35-31(36-30)39(33)26-9-10-28(27(32)23-26)44-22-21-43-20-19-42-18-17-41-16-15-40/h9-10,23-25,40H,3-8,11-22,33H2,1-2H3. The molecule has 12 nitrogen and oxygen atoms in total. The second-order valence-electron chi connectivity index (χ2n) is 11.5. The number of rotatable bonds is 17. The topological polar surface area (TPSA) is 132 Å². The van der Waals surface area contributed by atoms with E-state index >= 15 is 4.39 Å². The van der Waals surface area contributed by atoms with Gasteiger partial charge < -0.3 is 33.9 Å². The molecule has 1 aromatic heterocycles. The minimum Gasteiger partial charge on any atom is -0.488 e. The summed E-state index contributed by atoms with van der Waals surface area (Å²) >= 11 is 0. The molecule has 0 amide bonds. The van der Waals surface area contributed by atoms with Crippen molar-refractivity contribution >= 4 is 17.6 Å². The van der Waals surface area contributed by atoms with E-state index in [1.54, 1.807) is 12.1 Å². The number of hydrogen-bond donors (Lipinski definition) is 2. The average molecular weight is 620 g/mol. The van der Waals surface area contributed by atoms with Crippen LogP contribution in [0.4, 0.5) is 22.0 Å². The molecular formula is C31H50FN7O5. The van der Waals surface area contributed by atoms with E-state index in [-0.39, 0.29) is 31.5 Å². The van der Waals surface area contributed by atoms with Crippen LogP contribution in [0.3, 0.4) is 0 Å². The van der Waals surface area contributed by atoms with Gasteiger partial charge >= 0.3 is 0 Å². The van der Waals surface area contributed by atoms with Gasteiger partial charge in [0.15, 0.2) is 11.6 Å². The second kappa shape index (κ2) is 18.3. The minimum atomic E-state index is -0.536. The summed E-state index contributed by atoms with van der Waals surface area (Å²) in [6, 6.07) is 4.91. The molecule has 0 unspecified atom stereocenters. The molecule has 0 radical (unpaired) electrons. The number of hydrazine groups is 1. The smallest absolute Gasteiger partial charge is 0.249 e. The van der Waals surface area contributed by atoms with Crippen LogP contribution in [0.25, 0.3) is 0 Å². The van der Waals surface area contributed by atoms with Gasteiger partial charge in [0.1, 0.15) is 12.4 Å². The molecule has 2 heterocycles. The molecule has 3 N–H and O–H groups in total. The van der Waals surface area contributed by atoms with Gasteiger partial charge in [-0.1, -0.05) is 25.7 Å². The van der Waals surface area contributed by atoms with E-state index in [1.165, 1.54) is 23.9 Å². The van der Waals surface area contributed by atoms with Crippen LogP contribution < -0.4 is 20.5 Å². The van der Waals surface area contributed by atoms with E-state index in [9.17, 15) is 0 Å². The lowest BCUT2D eigenvalue weighted by Gasteiger charge is -2.35. The summed E-state index contributed by atoms with van der Waals surface area (Å²) in [6.45, 7) is 4.48. The summed E-state index contributed by atoms with van der Waals surface area (Å²) in [6.07, 6.45) is 8.94. The van der Waals surface area contributed by atoms with Crippen LogP contribution in [0.2, 0.25) is 0 Å². The highest BCUT2D eigenvalue weighted by molar-refractivity contribution is 5.58. The normalized spacial score (nSPS) is 17.0. The van der Waals surface area contributed by atoms with Crippen molar-refractivity contribution in [2.24, 2.45) is 5.84 Å². The zero-order valence-electron chi connectivity index (χ0n) is 26.3. The maximum atomic E-state index is 15.1. The van der Waals surface area contributed by atoms with Gasteiger partial charge in [0, 0.05) is 25.1 Å². The van der Waals surface area contributed by atoms with E-state index in [0.717, 1.165) is 57.4 Å². The van der Waals surface area contributed by atoms with Crippen molar-refractivity contribution in [2.45, 2.75) is 63.3 Å². The van der Waals surface area contributed by atoms with Gasteiger partial charge in [-0.05, 0) is 58.0 Å². The van der Waals surface area contributed by atoms with Gasteiger partial charge in [-0.25, -0.2) is 15.2 Å². The lowest BCUT2D eigenvalue weighted by Crippen LogP contribution is -2.43. The molecule has 2 fully saturated rings. The Bertz CT molecular complexity index is 1120. The molecule has 1 saturated carbocycles. The number of anilines is 3. The Kier molecular flexibility index (Phi) is 14.2. The largest absolute Gasteiger partial charge is 0.488 e. The third-order valence-electron chi connectivity index (χ3n) is 8.27. The monoisotopic (exact) mass is 619 g/mol. The number of benzene rings is 1. The number of hydrogen-bond acceptors (Lipinski definition) is 12. The Morgan fingerprint density at radius 1 is 0.864 bits per heavy atom. The first-order chi connectivity index (χ1) is 21.5. The molecule has 1 aromatic carbocycles. The van der Waals surface area contributed by atoms with Crippen molar-refractivity contribution in [2.75, 3.05) is 89.9 Å². The maximum Gasteiger partial charge on any atom is 0.249 e. The Morgan fingerprint density at radius 3 is 2.11 bits per heavy atom. The first-order valence-corrected chi connectivity index (χ1v) is 15.9. The number of nitrogens with zero attached hydrogens (tertiary/aromatic N) is 6. The molecule has 0 atom stereocenters. The highest BCUT2D eigenvalue weighted by Crippen LogP contribution is 2.33. The number of piperidine rings is 1. The molecule has 2 aromatic rings. The molecule has 13 heteroatoms. The highest BCUT2D eigenvalue weighted by atomic mass is 19.1. The van der Waals surface area contributed by atoms with E-state index < -0.39 is 5.82 Å². The first-order valence-electron chi connectivity index (χ1n) is 15.9. The average Bonchev–Trinajstić information content (AvgIpc) is 3.34. The zero-order valence-corrected chi connectivity index (χ0v) is 26.3. The Balaban J connectivity index is 1.37. The summed E-state index contributed by atoms with van der Waals surface area (Å²) in [5.41, 5.74) is 0.414. The van der Waals surface area contributed by atoms with E-state index in [0.29, 0.717) is 56.7 Å². The SMILES string of the molecule is CN1CCC(N(C)c2nc(C3CCCCCC3)nc(N(N)c3ccc(OCCOCCOCCOCCO)c(F)c3)n2)CC1. The lowest BCUT2D eigenvalue weighted by atomic mass is 9.99. The quantitative estimate of drug-likeness (QED) is 0.116. The number of halogens is 1. The molecule has 246 valence electrons. The number of aliphatic hydroxyl groups excluding tert-OH is 1. The lowest BCUT2D eigenvalue weighted by molar-refractivity contribution is 0.00346. The van der Waals surface area contributed by atoms with E-state index in [1.807, 2.05) is 7.05 Å². The maximum absolute atomic E-state index is 15.1. The molecule has 0 spiro atoms. The summed E-state index contributed by atoms with van der Waals surface area (Å²) < 4.78 is 36.6. The fraction of sp³-hybridized carbons (Fsp3) is 0.710. The number of likely N-dealkylation sites (tertiary alicyclic amines) is 1. The van der Waals surface area contributed by atoms with Gasteiger partial charge in [0.25, 0.3) is 0 Å². The highest BCUT2D eigenvalue weighted by Gasteiger charge is 2.26. The van der Waals surface area contributed by atoms with Crippen molar-refractivity contribution in [3.63, 3.8) is 0 Å².